The number of nitrogens with one attached hydrogen (secondary N) is 2. The lowest BCUT2D eigenvalue weighted by Crippen LogP contribution is -2.36. The van der Waals surface area contributed by atoms with Crippen LogP contribution in [0.25, 0.3) is 0 Å². The van der Waals surface area contributed by atoms with Gasteiger partial charge in [0.05, 0.1) is 16.8 Å². The van der Waals surface area contributed by atoms with Crippen LogP contribution >= 0.6 is 0 Å². The molecular weight excluding hydrogens is 320 g/mol. The number of fused-ring (bicyclic) bond motifs is 1. The quantitative estimate of drug-likeness (QED) is 0.787. The lowest BCUT2D eigenvalue weighted by Gasteiger charge is -2.27. The van der Waals surface area contributed by atoms with Crippen LogP contribution in [0, 0.1) is 13.8 Å². The predicted molar refractivity (Wildman–Crippen MR) is 91.9 cm³/mol. The molecule has 2 aromatic rings. The summed E-state index contributed by atoms with van der Waals surface area (Å²) < 4.78 is 0. The van der Waals surface area contributed by atoms with Gasteiger partial charge in [-0.1, -0.05) is 0 Å². The van der Waals surface area contributed by atoms with Gasteiger partial charge in [-0.3, -0.25) is 9.69 Å². The summed E-state index contributed by atoms with van der Waals surface area (Å²) >= 11 is 0. The molecule has 1 saturated carbocycles. The first kappa shape index (κ1) is 16.1. The SMILES string of the molecule is Cc1[nH]c(CN2CCc3nc(C4CC4)[nH]c(=O)c3C2)c(C)c1C(=O)O. The molecule has 3 heterocycles. The summed E-state index contributed by atoms with van der Waals surface area (Å²) in [5.41, 5.74) is 4.33. The lowest BCUT2D eigenvalue weighted by molar-refractivity contribution is 0.0695. The van der Waals surface area contributed by atoms with Crippen LogP contribution in [0.2, 0.25) is 0 Å². The maximum absolute atomic E-state index is 12.4. The molecule has 0 amide bonds. The number of nitrogens with zero attached hydrogens (tertiary/aromatic N) is 2. The number of aromatic amines is 2. The van der Waals surface area contributed by atoms with Gasteiger partial charge in [-0.2, -0.15) is 0 Å². The fourth-order valence-electron chi connectivity index (χ4n) is 3.70. The number of rotatable bonds is 4. The van der Waals surface area contributed by atoms with Crippen LogP contribution in [-0.4, -0.2) is 37.5 Å². The Kier molecular flexibility index (Phi) is 3.76. The normalized spacial score (nSPS) is 17.5. The van der Waals surface area contributed by atoms with Crippen LogP contribution in [0.5, 0.6) is 0 Å². The number of aromatic nitrogens is 3. The van der Waals surface area contributed by atoms with E-state index >= 15 is 0 Å². The topological polar surface area (TPSA) is 102 Å². The van der Waals surface area contributed by atoms with Crippen LogP contribution in [0.15, 0.2) is 4.79 Å². The van der Waals surface area contributed by atoms with E-state index in [0.717, 1.165) is 54.1 Å². The van der Waals surface area contributed by atoms with E-state index < -0.39 is 5.97 Å². The molecule has 1 aliphatic carbocycles. The predicted octanol–water partition coefficient (Wildman–Crippen LogP) is 1.85. The van der Waals surface area contributed by atoms with Gasteiger partial charge in [0.15, 0.2) is 0 Å². The van der Waals surface area contributed by atoms with Gasteiger partial charge in [0, 0.05) is 43.4 Å². The second-order valence-electron chi connectivity index (χ2n) is 7.15. The summed E-state index contributed by atoms with van der Waals surface area (Å²) in [5, 5.41) is 9.32. The van der Waals surface area contributed by atoms with Crippen molar-refractivity contribution in [3.05, 3.63) is 50.0 Å². The van der Waals surface area contributed by atoms with Crippen LogP contribution in [0.3, 0.4) is 0 Å². The fourth-order valence-corrected chi connectivity index (χ4v) is 3.70. The molecule has 4 rings (SSSR count). The summed E-state index contributed by atoms with van der Waals surface area (Å²) in [7, 11) is 0. The van der Waals surface area contributed by atoms with E-state index in [4.69, 9.17) is 0 Å². The first-order chi connectivity index (χ1) is 11.9. The van der Waals surface area contributed by atoms with Crippen LogP contribution in [0.1, 0.15) is 63.2 Å². The summed E-state index contributed by atoms with van der Waals surface area (Å²) in [6.07, 6.45) is 2.99. The molecule has 2 aromatic heterocycles. The molecule has 3 N–H and O–H groups in total. The number of carbonyl (C=O) groups is 1. The molecule has 0 bridgehead atoms. The molecule has 2 aliphatic rings. The number of aryl methyl sites for hydroxylation is 1. The Morgan fingerprint density at radius 3 is 2.72 bits per heavy atom. The Labute approximate surface area is 145 Å². The molecular formula is C18H22N4O3. The third-order valence-corrected chi connectivity index (χ3v) is 5.27. The van der Waals surface area contributed by atoms with Crippen molar-refractivity contribution < 1.29 is 9.90 Å². The number of hydrogen-bond acceptors (Lipinski definition) is 4. The first-order valence-corrected chi connectivity index (χ1v) is 8.69. The second kappa shape index (κ2) is 5.84. The molecule has 25 heavy (non-hydrogen) atoms. The van der Waals surface area contributed by atoms with E-state index in [2.05, 4.69) is 19.9 Å². The molecule has 1 aliphatic heterocycles. The van der Waals surface area contributed by atoms with Gasteiger partial charge >= 0.3 is 5.97 Å². The maximum Gasteiger partial charge on any atom is 0.337 e. The zero-order chi connectivity index (χ0) is 17.7. The summed E-state index contributed by atoms with van der Waals surface area (Å²) in [5.74, 6) is 0.379. The fraction of sp³-hybridized carbons (Fsp3) is 0.500. The standard InChI is InChI=1S/C18H22N4O3/c1-9-14(19-10(2)15(9)18(24)25)8-22-6-5-13-12(7-22)17(23)21-16(20-13)11-3-4-11/h11,19H,3-8H2,1-2H3,(H,24,25)(H,20,21,23). The van der Waals surface area contributed by atoms with Gasteiger partial charge in [-0.15, -0.1) is 0 Å². The van der Waals surface area contributed by atoms with E-state index in [9.17, 15) is 14.7 Å². The molecule has 7 heteroatoms. The highest BCUT2D eigenvalue weighted by Crippen LogP contribution is 2.37. The molecule has 0 aromatic carbocycles. The molecule has 0 unspecified atom stereocenters. The molecule has 0 atom stereocenters. The number of aromatic carboxylic acids is 1. The van der Waals surface area contributed by atoms with Crippen molar-refractivity contribution in [3.8, 4) is 0 Å². The molecule has 1 fully saturated rings. The third-order valence-electron chi connectivity index (χ3n) is 5.27. The monoisotopic (exact) mass is 342 g/mol. The van der Waals surface area contributed by atoms with Crippen LogP contribution in [0.4, 0.5) is 0 Å². The summed E-state index contributed by atoms with van der Waals surface area (Å²) in [6, 6.07) is 0. The van der Waals surface area contributed by atoms with Gasteiger partial charge in [-0.05, 0) is 32.3 Å². The van der Waals surface area contributed by atoms with Crippen molar-refractivity contribution >= 4 is 5.97 Å². The van der Waals surface area contributed by atoms with Crippen LogP contribution < -0.4 is 5.56 Å². The number of carboxylic acid groups (broad SMARTS) is 1. The van der Waals surface area contributed by atoms with Gasteiger partial charge in [0.2, 0.25) is 0 Å². The highest BCUT2D eigenvalue weighted by atomic mass is 16.4. The lowest BCUT2D eigenvalue weighted by atomic mass is 10.1. The number of carboxylic acids is 1. The Morgan fingerprint density at radius 2 is 2.08 bits per heavy atom. The van der Waals surface area contributed by atoms with E-state index in [0.29, 0.717) is 30.3 Å². The van der Waals surface area contributed by atoms with Crippen molar-refractivity contribution in [3.63, 3.8) is 0 Å². The molecule has 132 valence electrons. The first-order valence-electron chi connectivity index (χ1n) is 8.69. The van der Waals surface area contributed by atoms with Crippen molar-refractivity contribution in [2.24, 2.45) is 0 Å². The molecule has 0 radical (unpaired) electrons. The largest absolute Gasteiger partial charge is 0.478 e. The van der Waals surface area contributed by atoms with Crippen LogP contribution in [-0.2, 0) is 19.5 Å². The number of H-pyrrole nitrogens is 2. The van der Waals surface area contributed by atoms with Gasteiger partial charge in [0.1, 0.15) is 5.82 Å². The molecule has 0 spiro atoms. The highest BCUT2D eigenvalue weighted by Gasteiger charge is 2.29. The third kappa shape index (κ3) is 2.89. The minimum Gasteiger partial charge on any atom is -0.478 e. The minimum absolute atomic E-state index is 0.0257. The Balaban J connectivity index is 1.56. The number of hydrogen-bond donors (Lipinski definition) is 3. The Morgan fingerprint density at radius 1 is 1.32 bits per heavy atom. The molecule has 0 saturated heterocycles. The van der Waals surface area contributed by atoms with Crippen molar-refractivity contribution in [1.29, 1.82) is 0 Å². The summed E-state index contributed by atoms with van der Waals surface area (Å²) in [6.45, 7) is 5.56. The van der Waals surface area contributed by atoms with Crippen molar-refractivity contribution in [2.75, 3.05) is 6.54 Å². The summed E-state index contributed by atoms with van der Waals surface area (Å²) in [4.78, 5) is 36.7. The van der Waals surface area contributed by atoms with E-state index in [1.165, 1.54) is 0 Å². The minimum atomic E-state index is -0.908. The zero-order valence-electron chi connectivity index (χ0n) is 14.5. The maximum atomic E-state index is 12.4. The van der Waals surface area contributed by atoms with E-state index in [1.54, 1.807) is 6.92 Å². The Bertz CT molecular complexity index is 908. The van der Waals surface area contributed by atoms with E-state index in [1.807, 2.05) is 6.92 Å². The Hall–Kier alpha value is -2.41. The van der Waals surface area contributed by atoms with Gasteiger partial charge < -0.3 is 15.1 Å². The van der Waals surface area contributed by atoms with Crippen molar-refractivity contribution in [1.82, 2.24) is 19.9 Å². The zero-order valence-corrected chi connectivity index (χ0v) is 14.5. The smallest absolute Gasteiger partial charge is 0.337 e. The van der Waals surface area contributed by atoms with Gasteiger partial charge in [-0.25, -0.2) is 9.78 Å². The average Bonchev–Trinajstić information content (AvgIpc) is 3.35. The van der Waals surface area contributed by atoms with Gasteiger partial charge in [0.25, 0.3) is 5.56 Å². The average molecular weight is 342 g/mol. The highest BCUT2D eigenvalue weighted by molar-refractivity contribution is 5.91. The van der Waals surface area contributed by atoms with Crippen molar-refractivity contribution in [2.45, 2.75) is 52.1 Å². The second-order valence-corrected chi connectivity index (χ2v) is 7.15. The molecule has 7 nitrogen and oxygen atoms in total. The van der Waals surface area contributed by atoms with E-state index in [-0.39, 0.29) is 5.56 Å².